The zero-order valence-corrected chi connectivity index (χ0v) is 7.06. The van der Waals surface area contributed by atoms with E-state index in [4.69, 9.17) is 0 Å². The number of hydrogen-bond donors (Lipinski definition) is 1. The van der Waals surface area contributed by atoms with Gasteiger partial charge in [-0.2, -0.15) is 0 Å². The lowest BCUT2D eigenvalue weighted by Gasteiger charge is -2.43. The first-order chi connectivity index (χ1) is 4.67. The van der Waals surface area contributed by atoms with Gasteiger partial charge in [0.05, 0.1) is 5.60 Å². The Morgan fingerprint density at radius 1 is 1.60 bits per heavy atom. The maximum Gasteiger partial charge on any atom is 0.0647 e. The van der Waals surface area contributed by atoms with Crippen LogP contribution in [0.2, 0.25) is 0 Å². The van der Waals surface area contributed by atoms with Crippen LogP contribution in [0.1, 0.15) is 46.0 Å². The van der Waals surface area contributed by atoms with E-state index in [2.05, 4.69) is 6.92 Å². The van der Waals surface area contributed by atoms with Crippen LogP contribution in [0.3, 0.4) is 0 Å². The molecule has 0 aliphatic heterocycles. The van der Waals surface area contributed by atoms with Crippen LogP contribution < -0.4 is 0 Å². The Hall–Kier alpha value is -0.0400. The molecule has 1 nitrogen and oxygen atoms in total. The lowest BCUT2D eigenvalue weighted by molar-refractivity contribution is -0.0817. The van der Waals surface area contributed by atoms with E-state index < -0.39 is 0 Å². The first-order valence-corrected chi connectivity index (χ1v) is 4.39. The van der Waals surface area contributed by atoms with Gasteiger partial charge in [0.1, 0.15) is 0 Å². The summed E-state index contributed by atoms with van der Waals surface area (Å²) in [5.41, 5.74) is -0.310. The van der Waals surface area contributed by atoms with Gasteiger partial charge in [0.25, 0.3) is 0 Å². The minimum Gasteiger partial charge on any atom is -0.390 e. The number of aliphatic hydroxyl groups is 1. The molecule has 0 aromatic carbocycles. The Morgan fingerprint density at radius 3 is 2.60 bits per heavy atom. The first kappa shape index (κ1) is 8.06. The number of hydrogen-bond acceptors (Lipinski definition) is 1. The van der Waals surface area contributed by atoms with Gasteiger partial charge in [-0.1, -0.05) is 19.8 Å². The van der Waals surface area contributed by atoms with E-state index in [0.717, 1.165) is 6.42 Å². The molecule has 1 N–H and O–H groups in total. The van der Waals surface area contributed by atoms with E-state index in [1.807, 2.05) is 6.92 Å². The third-order valence-corrected chi connectivity index (χ3v) is 2.78. The zero-order chi connectivity index (χ0) is 7.61. The van der Waals surface area contributed by atoms with E-state index in [0.29, 0.717) is 5.92 Å². The van der Waals surface area contributed by atoms with Crippen molar-refractivity contribution in [1.82, 2.24) is 0 Å². The third kappa shape index (κ3) is 1.51. The second kappa shape index (κ2) is 2.91. The lowest BCUT2D eigenvalue weighted by Crippen LogP contribution is -2.43. The van der Waals surface area contributed by atoms with Gasteiger partial charge in [0.2, 0.25) is 0 Å². The molecular formula is C9H18O. The van der Waals surface area contributed by atoms with Crippen LogP contribution in [0, 0.1) is 5.92 Å². The van der Waals surface area contributed by atoms with Crippen LogP contribution in [0.25, 0.3) is 0 Å². The Kier molecular flexibility index (Phi) is 2.35. The van der Waals surface area contributed by atoms with Gasteiger partial charge in [-0.25, -0.2) is 0 Å². The molecule has 10 heavy (non-hydrogen) atoms. The fourth-order valence-electron chi connectivity index (χ4n) is 1.67. The van der Waals surface area contributed by atoms with E-state index >= 15 is 0 Å². The average molecular weight is 142 g/mol. The van der Waals surface area contributed by atoms with Crippen molar-refractivity contribution in [2.24, 2.45) is 5.92 Å². The summed E-state index contributed by atoms with van der Waals surface area (Å²) < 4.78 is 0. The van der Waals surface area contributed by atoms with Crippen molar-refractivity contribution in [2.45, 2.75) is 51.6 Å². The van der Waals surface area contributed by atoms with Crippen molar-refractivity contribution in [3.8, 4) is 0 Å². The van der Waals surface area contributed by atoms with Crippen molar-refractivity contribution >= 4 is 0 Å². The van der Waals surface area contributed by atoms with Gasteiger partial charge in [-0.15, -0.1) is 0 Å². The minimum absolute atomic E-state index is 0.310. The fourth-order valence-corrected chi connectivity index (χ4v) is 1.67. The summed E-state index contributed by atoms with van der Waals surface area (Å²) in [5, 5.41) is 9.60. The predicted octanol–water partition coefficient (Wildman–Crippen LogP) is 2.34. The van der Waals surface area contributed by atoms with Crippen molar-refractivity contribution < 1.29 is 5.11 Å². The monoisotopic (exact) mass is 142 g/mol. The third-order valence-electron chi connectivity index (χ3n) is 2.78. The normalized spacial score (nSPS) is 39.3. The maximum atomic E-state index is 9.60. The zero-order valence-electron chi connectivity index (χ0n) is 7.06. The molecule has 0 saturated heterocycles. The molecule has 2 atom stereocenters. The smallest absolute Gasteiger partial charge is 0.0647 e. The lowest BCUT2D eigenvalue weighted by atomic mass is 9.68. The average Bonchev–Trinajstić information content (AvgIpc) is 1.87. The fraction of sp³-hybridized carbons (Fsp3) is 1.00. The van der Waals surface area contributed by atoms with Crippen LogP contribution in [0.15, 0.2) is 0 Å². The van der Waals surface area contributed by atoms with Gasteiger partial charge >= 0.3 is 0 Å². The molecule has 0 aromatic rings. The molecule has 0 aromatic heterocycles. The van der Waals surface area contributed by atoms with E-state index in [9.17, 15) is 5.11 Å². The Balaban J connectivity index is 2.17. The maximum absolute atomic E-state index is 9.60. The van der Waals surface area contributed by atoms with Crippen LogP contribution in [0.4, 0.5) is 0 Å². The molecule has 0 bridgehead atoms. The predicted molar refractivity (Wildman–Crippen MR) is 42.9 cm³/mol. The summed E-state index contributed by atoms with van der Waals surface area (Å²) >= 11 is 0. The molecule has 1 saturated carbocycles. The number of unbranched alkanes of at least 4 members (excludes halogenated alkanes) is 1. The molecule has 2 unspecified atom stereocenters. The summed E-state index contributed by atoms with van der Waals surface area (Å²) in [7, 11) is 0. The molecule has 60 valence electrons. The van der Waals surface area contributed by atoms with Crippen LogP contribution in [0.5, 0.6) is 0 Å². The van der Waals surface area contributed by atoms with Crippen molar-refractivity contribution in [1.29, 1.82) is 0 Å². The molecule has 1 rings (SSSR count). The summed E-state index contributed by atoms with van der Waals surface area (Å²) in [4.78, 5) is 0. The van der Waals surface area contributed by atoms with Crippen molar-refractivity contribution in [2.75, 3.05) is 0 Å². The Bertz CT molecular complexity index is 107. The quantitative estimate of drug-likeness (QED) is 0.641. The van der Waals surface area contributed by atoms with Crippen LogP contribution >= 0.6 is 0 Å². The van der Waals surface area contributed by atoms with Crippen molar-refractivity contribution in [3.63, 3.8) is 0 Å². The summed E-state index contributed by atoms with van der Waals surface area (Å²) in [5.74, 6) is 0.604. The molecule has 0 heterocycles. The van der Waals surface area contributed by atoms with E-state index in [1.165, 1.54) is 25.7 Å². The van der Waals surface area contributed by atoms with Gasteiger partial charge in [0.15, 0.2) is 0 Å². The van der Waals surface area contributed by atoms with Gasteiger partial charge in [0, 0.05) is 0 Å². The topological polar surface area (TPSA) is 20.2 Å². The standard InChI is InChI=1S/C9H18O/c1-3-4-5-8-6-7-9(8,2)10/h8,10H,3-7H2,1-2H3. The van der Waals surface area contributed by atoms with Gasteiger partial charge in [-0.05, 0) is 32.1 Å². The van der Waals surface area contributed by atoms with Gasteiger partial charge in [-0.3, -0.25) is 0 Å². The number of rotatable bonds is 3. The summed E-state index contributed by atoms with van der Waals surface area (Å²) in [6.45, 7) is 4.17. The molecule has 1 heteroatoms. The molecule has 1 fully saturated rings. The van der Waals surface area contributed by atoms with E-state index in [1.54, 1.807) is 0 Å². The van der Waals surface area contributed by atoms with Crippen molar-refractivity contribution in [3.05, 3.63) is 0 Å². The molecule has 0 spiro atoms. The molecule has 1 aliphatic carbocycles. The Labute approximate surface area is 63.4 Å². The summed E-state index contributed by atoms with van der Waals surface area (Å²) in [6, 6.07) is 0. The highest BCUT2D eigenvalue weighted by Gasteiger charge is 2.39. The molecule has 0 radical (unpaired) electrons. The highest BCUT2D eigenvalue weighted by molar-refractivity contribution is 4.91. The van der Waals surface area contributed by atoms with Crippen LogP contribution in [-0.4, -0.2) is 10.7 Å². The second-order valence-electron chi connectivity index (χ2n) is 3.73. The molecule has 1 aliphatic rings. The van der Waals surface area contributed by atoms with Gasteiger partial charge < -0.3 is 5.11 Å². The Morgan fingerprint density at radius 2 is 2.30 bits per heavy atom. The van der Waals surface area contributed by atoms with E-state index in [-0.39, 0.29) is 5.60 Å². The highest BCUT2D eigenvalue weighted by Crippen LogP contribution is 2.40. The molecular weight excluding hydrogens is 124 g/mol. The largest absolute Gasteiger partial charge is 0.390 e. The van der Waals surface area contributed by atoms with Crippen LogP contribution in [-0.2, 0) is 0 Å². The SMILES string of the molecule is CCCCC1CCC1(C)O. The highest BCUT2D eigenvalue weighted by atomic mass is 16.3. The molecule has 0 amide bonds. The summed E-state index contributed by atoms with van der Waals surface area (Å²) in [6.07, 6.45) is 6.02. The first-order valence-electron chi connectivity index (χ1n) is 4.39. The second-order valence-corrected chi connectivity index (χ2v) is 3.73. The minimum atomic E-state index is -0.310.